The van der Waals surface area contributed by atoms with Crippen molar-refractivity contribution in [3.8, 4) is 0 Å². The first-order valence-electron chi connectivity index (χ1n) is 5.91. The van der Waals surface area contributed by atoms with E-state index in [1.807, 2.05) is 0 Å². The van der Waals surface area contributed by atoms with Crippen LogP contribution >= 0.6 is 0 Å². The predicted molar refractivity (Wildman–Crippen MR) is 62.7 cm³/mol. The van der Waals surface area contributed by atoms with Gasteiger partial charge in [-0.25, -0.2) is 13.1 Å². The second kappa shape index (κ2) is 3.96. The van der Waals surface area contributed by atoms with E-state index in [9.17, 15) is 8.42 Å². The van der Waals surface area contributed by atoms with Crippen LogP contribution in [0.5, 0.6) is 0 Å². The highest BCUT2D eigenvalue weighted by Crippen LogP contribution is 2.48. The van der Waals surface area contributed by atoms with Gasteiger partial charge in [-0.3, -0.25) is 0 Å². The maximum atomic E-state index is 11.1. The number of rotatable bonds is 3. The molecule has 0 aromatic heterocycles. The third kappa shape index (κ3) is 2.76. The van der Waals surface area contributed by atoms with Gasteiger partial charge in [0.2, 0.25) is 10.0 Å². The molecule has 2 aliphatic rings. The summed E-state index contributed by atoms with van der Waals surface area (Å²) in [7, 11) is -3.08. The lowest BCUT2D eigenvalue weighted by atomic mass is 9.66. The second-order valence-electron chi connectivity index (χ2n) is 5.72. The van der Waals surface area contributed by atoms with Crippen molar-refractivity contribution in [2.75, 3.05) is 19.4 Å². The summed E-state index contributed by atoms with van der Waals surface area (Å²) in [5, 5.41) is 0. The molecule has 1 saturated heterocycles. The Morgan fingerprint density at radius 1 is 1.31 bits per heavy atom. The van der Waals surface area contributed by atoms with E-state index in [0.717, 1.165) is 32.3 Å². The highest BCUT2D eigenvalue weighted by atomic mass is 32.2. The van der Waals surface area contributed by atoms with Crippen molar-refractivity contribution in [2.24, 2.45) is 5.41 Å². The molecular weight excluding hydrogens is 226 g/mol. The van der Waals surface area contributed by atoms with Gasteiger partial charge >= 0.3 is 0 Å². The van der Waals surface area contributed by atoms with Crippen LogP contribution in [0.1, 0.15) is 39.0 Å². The minimum atomic E-state index is -3.08. The summed E-state index contributed by atoms with van der Waals surface area (Å²) in [4.78, 5) is 0. The highest BCUT2D eigenvalue weighted by molar-refractivity contribution is 7.88. The van der Waals surface area contributed by atoms with Crippen LogP contribution < -0.4 is 4.72 Å². The first kappa shape index (κ1) is 12.3. The van der Waals surface area contributed by atoms with Crippen LogP contribution in [-0.2, 0) is 14.8 Å². The molecule has 0 amide bonds. The van der Waals surface area contributed by atoms with Gasteiger partial charge in [0.1, 0.15) is 0 Å². The van der Waals surface area contributed by atoms with Crippen molar-refractivity contribution in [1.29, 1.82) is 0 Å². The lowest BCUT2D eigenvalue weighted by Gasteiger charge is -2.51. The Morgan fingerprint density at radius 3 is 2.50 bits per heavy atom. The molecule has 2 rings (SSSR count). The molecule has 94 valence electrons. The fourth-order valence-electron chi connectivity index (χ4n) is 2.78. The van der Waals surface area contributed by atoms with Gasteiger partial charge in [-0.2, -0.15) is 0 Å². The molecular formula is C11H21NO3S. The minimum absolute atomic E-state index is 0.0573. The van der Waals surface area contributed by atoms with Gasteiger partial charge in [0.15, 0.2) is 0 Å². The van der Waals surface area contributed by atoms with Crippen molar-refractivity contribution in [3.63, 3.8) is 0 Å². The number of ether oxygens (including phenoxy) is 1. The summed E-state index contributed by atoms with van der Waals surface area (Å²) in [5.74, 6) is 0. The minimum Gasteiger partial charge on any atom is -0.375 e. The van der Waals surface area contributed by atoms with Crippen molar-refractivity contribution in [2.45, 2.75) is 44.6 Å². The van der Waals surface area contributed by atoms with Crippen LogP contribution in [0.25, 0.3) is 0 Å². The zero-order chi connectivity index (χ0) is 11.9. The van der Waals surface area contributed by atoms with Crippen LogP contribution in [0.4, 0.5) is 0 Å². The Morgan fingerprint density at radius 2 is 2.00 bits per heavy atom. The Labute approximate surface area is 97.8 Å². The molecule has 1 N–H and O–H groups in total. The fraction of sp³-hybridized carbons (Fsp3) is 1.00. The smallest absolute Gasteiger partial charge is 0.208 e. The van der Waals surface area contributed by atoms with E-state index < -0.39 is 10.0 Å². The third-order valence-corrected chi connectivity index (χ3v) is 4.56. The zero-order valence-corrected chi connectivity index (χ0v) is 10.9. The molecule has 1 heterocycles. The lowest BCUT2D eigenvalue weighted by molar-refractivity contribution is -0.162. The predicted octanol–water partition coefficient (Wildman–Crippen LogP) is 1.27. The Kier molecular flexibility index (Phi) is 3.05. The monoisotopic (exact) mass is 247 g/mol. The summed E-state index contributed by atoms with van der Waals surface area (Å²) in [6.07, 6.45) is 6.67. The summed E-state index contributed by atoms with van der Waals surface area (Å²) >= 11 is 0. The van der Waals surface area contributed by atoms with E-state index in [2.05, 4.69) is 11.6 Å². The average Bonchev–Trinajstić information content (AvgIpc) is 2.12. The number of hydrogen-bond donors (Lipinski definition) is 1. The van der Waals surface area contributed by atoms with E-state index in [0.29, 0.717) is 6.54 Å². The molecule has 1 aliphatic carbocycles. The quantitative estimate of drug-likeness (QED) is 0.817. The van der Waals surface area contributed by atoms with Crippen molar-refractivity contribution < 1.29 is 13.2 Å². The summed E-state index contributed by atoms with van der Waals surface area (Å²) in [5.41, 5.74) is 0.133. The summed E-state index contributed by atoms with van der Waals surface area (Å²) in [6, 6.07) is 0. The van der Waals surface area contributed by atoms with E-state index >= 15 is 0 Å². The van der Waals surface area contributed by atoms with Crippen molar-refractivity contribution in [1.82, 2.24) is 4.72 Å². The van der Waals surface area contributed by atoms with Gasteiger partial charge in [0.25, 0.3) is 0 Å². The lowest BCUT2D eigenvalue weighted by Crippen LogP contribution is -2.51. The normalized spacial score (nSPS) is 33.6. The molecule has 0 radical (unpaired) electrons. The van der Waals surface area contributed by atoms with Gasteiger partial charge in [-0.15, -0.1) is 0 Å². The van der Waals surface area contributed by atoms with Crippen molar-refractivity contribution in [3.05, 3.63) is 0 Å². The van der Waals surface area contributed by atoms with Gasteiger partial charge in [-0.05, 0) is 37.5 Å². The van der Waals surface area contributed by atoms with Gasteiger partial charge < -0.3 is 4.74 Å². The van der Waals surface area contributed by atoms with E-state index in [1.54, 1.807) is 0 Å². The Bertz CT molecular complexity index is 361. The highest BCUT2D eigenvalue weighted by Gasteiger charge is 2.47. The van der Waals surface area contributed by atoms with Crippen LogP contribution in [0.3, 0.4) is 0 Å². The van der Waals surface area contributed by atoms with Crippen molar-refractivity contribution >= 4 is 10.0 Å². The van der Waals surface area contributed by atoms with Crippen LogP contribution in [0.2, 0.25) is 0 Å². The van der Waals surface area contributed by atoms with Crippen LogP contribution in [-0.4, -0.2) is 33.4 Å². The van der Waals surface area contributed by atoms with Gasteiger partial charge in [0.05, 0.1) is 11.9 Å². The molecule has 1 aliphatic heterocycles. The molecule has 1 unspecified atom stereocenters. The van der Waals surface area contributed by atoms with E-state index in [1.165, 1.54) is 12.7 Å². The molecule has 0 aromatic rings. The Hall–Kier alpha value is -0.130. The van der Waals surface area contributed by atoms with Crippen LogP contribution in [0, 0.1) is 5.41 Å². The molecule has 1 atom stereocenters. The number of nitrogens with one attached hydrogen (secondary N) is 1. The molecule has 2 fully saturated rings. The standard InChI is InChI=1S/C11H21NO3S/c1-10(9-12-16(2,13)14)6-7-15-11(8-10)4-3-5-11/h12H,3-9H2,1-2H3. The number of hydrogen-bond acceptors (Lipinski definition) is 3. The second-order valence-corrected chi connectivity index (χ2v) is 7.55. The maximum Gasteiger partial charge on any atom is 0.208 e. The molecule has 16 heavy (non-hydrogen) atoms. The Balaban J connectivity index is 1.96. The average molecular weight is 247 g/mol. The molecule has 0 bridgehead atoms. The zero-order valence-electron chi connectivity index (χ0n) is 10.1. The van der Waals surface area contributed by atoms with E-state index in [-0.39, 0.29) is 11.0 Å². The molecule has 0 aromatic carbocycles. The molecule has 5 heteroatoms. The first-order chi connectivity index (χ1) is 7.33. The maximum absolute atomic E-state index is 11.1. The van der Waals surface area contributed by atoms with E-state index in [4.69, 9.17) is 4.74 Å². The van der Waals surface area contributed by atoms with Gasteiger partial charge in [-0.1, -0.05) is 6.92 Å². The third-order valence-electron chi connectivity index (χ3n) is 3.89. The largest absolute Gasteiger partial charge is 0.375 e. The first-order valence-corrected chi connectivity index (χ1v) is 7.80. The number of sulfonamides is 1. The molecule has 1 saturated carbocycles. The topological polar surface area (TPSA) is 55.4 Å². The molecule has 1 spiro atoms. The fourth-order valence-corrected chi connectivity index (χ4v) is 3.39. The summed E-state index contributed by atoms with van der Waals surface area (Å²) < 4.78 is 30.7. The van der Waals surface area contributed by atoms with Gasteiger partial charge in [0, 0.05) is 13.2 Å². The summed E-state index contributed by atoms with van der Waals surface area (Å²) in [6.45, 7) is 3.46. The molecule has 4 nitrogen and oxygen atoms in total. The SMILES string of the molecule is CC1(CNS(C)(=O)=O)CCOC2(CCC2)C1. The van der Waals surface area contributed by atoms with Crippen LogP contribution in [0.15, 0.2) is 0 Å².